The van der Waals surface area contributed by atoms with Crippen LogP contribution in [0, 0.1) is 27.7 Å². The molecule has 0 saturated heterocycles. The van der Waals surface area contributed by atoms with Gasteiger partial charge in [0.25, 0.3) is 0 Å². The van der Waals surface area contributed by atoms with Gasteiger partial charge in [0.2, 0.25) is 0 Å². The summed E-state index contributed by atoms with van der Waals surface area (Å²) >= 11 is 6.70. The molecule has 0 heterocycles. The highest BCUT2D eigenvalue weighted by molar-refractivity contribution is 6.21. The molecule has 1 aromatic rings. The molecule has 0 aliphatic heterocycles. The number of hydrogen-bond donors (Lipinski definition) is 0. The number of alkyl halides is 1. The molecule has 0 bridgehead atoms. The summed E-state index contributed by atoms with van der Waals surface area (Å²) in [4.78, 5) is 0. The van der Waals surface area contributed by atoms with Crippen LogP contribution >= 0.6 is 11.6 Å². The Balaban J connectivity index is 2.57. The van der Waals surface area contributed by atoms with Gasteiger partial charge in [0.15, 0.2) is 0 Å². The van der Waals surface area contributed by atoms with E-state index in [1.54, 1.807) is 0 Å². The predicted octanol–water partition coefficient (Wildman–Crippen LogP) is 6.95. The van der Waals surface area contributed by atoms with E-state index in [1.165, 1.54) is 66.3 Å². The number of rotatable bonds is 8. The molecular weight excluding hydrogens is 264 g/mol. The van der Waals surface area contributed by atoms with Crippen molar-refractivity contribution >= 4 is 11.6 Å². The fourth-order valence-corrected chi connectivity index (χ4v) is 3.45. The maximum atomic E-state index is 6.70. The standard InChI is InChI=1S/C19H31Cl/c1-6-7-8-9-10-11-12-18(20)19-16(4)14(2)13-15(3)17(19)5/h13,18H,6-12H2,1-5H3. The van der Waals surface area contributed by atoms with Crippen LogP contribution in [-0.2, 0) is 0 Å². The van der Waals surface area contributed by atoms with Gasteiger partial charge >= 0.3 is 0 Å². The Morgan fingerprint density at radius 2 is 1.35 bits per heavy atom. The molecule has 0 spiro atoms. The maximum absolute atomic E-state index is 6.70. The molecule has 0 aliphatic carbocycles. The zero-order chi connectivity index (χ0) is 15.1. The van der Waals surface area contributed by atoms with Crippen molar-refractivity contribution in [2.75, 3.05) is 0 Å². The second-order valence-corrected chi connectivity index (χ2v) is 6.72. The van der Waals surface area contributed by atoms with Crippen LogP contribution in [0.2, 0.25) is 0 Å². The summed E-state index contributed by atoms with van der Waals surface area (Å²) in [5.74, 6) is 0. The topological polar surface area (TPSA) is 0 Å². The summed E-state index contributed by atoms with van der Waals surface area (Å²) in [5, 5.41) is 0.180. The molecule has 1 rings (SSSR count). The summed E-state index contributed by atoms with van der Waals surface area (Å²) < 4.78 is 0. The molecule has 0 saturated carbocycles. The minimum Gasteiger partial charge on any atom is -0.118 e. The van der Waals surface area contributed by atoms with Crippen molar-refractivity contribution in [1.29, 1.82) is 0 Å². The average Bonchev–Trinajstić information content (AvgIpc) is 2.41. The average molecular weight is 295 g/mol. The zero-order valence-electron chi connectivity index (χ0n) is 14.0. The Morgan fingerprint density at radius 3 is 1.90 bits per heavy atom. The molecule has 0 aromatic heterocycles. The van der Waals surface area contributed by atoms with E-state index >= 15 is 0 Å². The molecule has 0 nitrogen and oxygen atoms in total. The molecule has 0 N–H and O–H groups in total. The fraction of sp³-hybridized carbons (Fsp3) is 0.684. The van der Waals surface area contributed by atoms with E-state index in [2.05, 4.69) is 40.7 Å². The Hall–Kier alpha value is -0.490. The third-order valence-corrected chi connectivity index (χ3v) is 4.98. The lowest BCUT2D eigenvalue weighted by Crippen LogP contribution is -2.02. The highest BCUT2D eigenvalue weighted by Crippen LogP contribution is 2.34. The molecule has 1 unspecified atom stereocenters. The lowest BCUT2D eigenvalue weighted by molar-refractivity contribution is 0.583. The van der Waals surface area contributed by atoms with Crippen molar-refractivity contribution in [3.8, 4) is 0 Å². The molecule has 1 heteroatoms. The third-order valence-electron chi connectivity index (χ3n) is 4.55. The first-order chi connectivity index (χ1) is 9.49. The first-order valence-electron chi connectivity index (χ1n) is 8.20. The smallest absolute Gasteiger partial charge is 0.0590 e. The van der Waals surface area contributed by atoms with Crippen molar-refractivity contribution in [2.45, 2.75) is 84.9 Å². The number of benzene rings is 1. The summed E-state index contributed by atoms with van der Waals surface area (Å²) in [6.07, 6.45) is 9.13. The quantitative estimate of drug-likeness (QED) is 0.359. The number of unbranched alkanes of at least 4 members (excludes halogenated alkanes) is 5. The van der Waals surface area contributed by atoms with Crippen LogP contribution in [0.15, 0.2) is 6.07 Å². The normalized spacial score (nSPS) is 12.7. The van der Waals surface area contributed by atoms with Gasteiger partial charge in [-0.2, -0.15) is 0 Å². The van der Waals surface area contributed by atoms with Crippen LogP contribution in [0.25, 0.3) is 0 Å². The van der Waals surface area contributed by atoms with Gasteiger partial charge in [-0.15, -0.1) is 11.6 Å². The highest BCUT2D eigenvalue weighted by Gasteiger charge is 2.16. The monoisotopic (exact) mass is 294 g/mol. The second kappa shape index (κ2) is 8.72. The van der Waals surface area contributed by atoms with E-state index in [9.17, 15) is 0 Å². The van der Waals surface area contributed by atoms with E-state index in [4.69, 9.17) is 11.6 Å². The second-order valence-electron chi connectivity index (χ2n) is 6.20. The van der Waals surface area contributed by atoms with Crippen molar-refractivity contribution in [3.05, 3.63) is 33.9 Å². The molecule has 1 aromatic carbocycles. The molecule has 114 valence electrons. The highest BCUT2D eigenvalue weighted by atomic mass is 35.5. The zero-order valence-corrected chi connectivity index (χ0v) is 14.7. The van der Waals surface area contributed by atoms with E-state index in [0.717, 1.165) is 6.42 Å². The van der Waals surface area contributed by atoms with E-state index in [-0.39, 0.29) is 5.38 Å². The predicted molar refractivity (Wildman–Crippen MR) is 92.0 cm³/mol. The van der Waals surface area contributed by atoms with E-state index in [0.29, 0.717) is 0 Å². The Kier molecular flexibility index (Phi) is 7.66. The number of hydrogen-bond acceptors (Lipinski definition) is 0. The molecule has 0 aliphatic rings. The largest absolute Gasteiger partial charge is 0.118 e. The van der Waals surface area contributed by atoms with Crippen LogP contribution in [0.5, 0.6) is 0 Å². The molecule has 20 heavy (non-hydrogen) atoms. The number of aryl methyl sites for hydroxylation is 2. The van der Waals surface area contributed by atoms with Crippen molar-refractivity contribution in [3.63, 3.8) is 0 Å². The van der Waals surface area contributed by atoms with Gasteiger partial charge in [0, 0.05) is 0 Å². The molecule has 0 radical (unpaired) electrons. The van der Waals surface area contributed by atoms with Crippen LogP contribution in [-0.4, -0.2) is 0 Å². The maximum Gasteiger partial charge on any atom is 0.0590 e. The van der Waals surface area contributed by atoms with Gasteiger partial charge in [0.1, 0.15) is 0 Å². The third kappa shape index (κ3) is 4.81. The van der Waals surface area contributed by atoms with Crippen LogP contribution in [0.1, 0.15) is 85.1 Å². The summed E-state index contributed by atoms with van der Waals surface area (Å²) in [7, 11) is 0. The van der Waals surface area contributed by atoms with Gasteiger partial charge in [-0.3, -0.25) is 0 Å². The molecule has 1 atom stereocenters. The van der Waals surface area contributed by atoms with Crippen molar-refractivity contribution in [2.24, 2.45) is 0 Å². The summed E-state index contributed by atoms with van der Waals surface area (Å²) in [6.45, 7) is 11.1. The summed E-state index contributed by atoms with van der Waals surface area (Å²) in [5.41, 5.74) is 6.91. The Labute approximate surface area is 130 Å². The SMILES string of the molecule is CCCCCCCCC(Cl)c1c(C)c(C)cc(C)c1C. The van der Waals surface area contributed by atoms with Gasteiger partial charge in [-0.25, -0.2) is 0 Å². The Morgan fingerprint density at radius 1 is 0.850 bits per heavy atom. The number of halogens is 1. The van der Waals surface area contributed by atoms with Gasteiger partial charge in [-0.1, -0.05) is 51.5 Å². The van der Waals surface area contributed by atoms with E-state index < -0.39 is 0 Å². The molecule has 0 amide bonds. The van der Waals surface area contributed by atoms with Crippen LogP contribution < -0.4 is 0 Å². The van der Waals surface area contributed by atoms with Crippen LogP contribution in [0.3, 0.4) is 0 Å². The van der Waals surface area contributed by atoms with Gasteiger partial charge in [-0.05, 0) is 61.9 Å². The minimum absolute atomic E-state index is 0.180. The Bertz CT molecular complexity index is 394. The first kappa shape index (κ1) is 17.6. The molecular formula is C19H31Cl. The minimum atomic E-state index is 0.180. The van der Waals surface area contributed by atoms with Crippen molar-refractivity contribution in [1.82, 2.24) is 0 Å². The van der Waals surface area contributed by atoms with E-state index in [1.807, 2.05) is 0 Å². The summed E-state index contributed by atoms with van der Waals surface area (Å²) in [6, 6.07) is 2.28. The van der Waals surface area contributed by atoms with Gasteiger partial charge in [0.05, 0.1) is 5.38 Å². The first-order valence-corrected chi connectivity index (χ1v) is 8.64. The van der Waals surface area contributed by atoms with Crippen molar-refractivity contribution < 1.29 is 0 Å². The molecule has 0 fully saturated rings. The fourth-order valence-electron chi connectivity index (χ4n) is 2.97. The lowest BCUT2D eigenvalue weighted by Gasteiger charge is -2.19. The lowest BCUT2D eigenvalue weighted by atomic mass is 9.90. The van der Waals surface area contributed by atoms with Crippen LogP contribution in [0.4, 0.5) is 0 Å². The van der Waals surface area contributed by atoms with Gasteiger partial charge < -0.3 is 0 Å².